The van der Waals surface area contributed by atoms with Crippen molar-refractivity contribution in [3.63, 3.8) is 0 Å². The predicted molar refractivity (Wildman–Crippen MR) is 153 cm³/mol. The summed E-state index contributed by atoms with van der Waals surface area (Å²) >= 11 is 1.22. The number of rotatable bonds is 9. The molecule has 42 heavy (non-hydrogen) atoms. The van der Waals surface area contributed by atoms with Gasteiger partial charge in [0.15, 0.2) is 5.16 Å². The summed E-state index contributed by atoms with van der Waals surface area (Å²) in [5.74, 6) is 0.136. The van der Waals surface area contributed by atoms with Gasteiger partial charge in [0.05, 0.1) is 27.9 Å². The van der Waals surface area contributed by atoms with Crippen molar-refractivity contribution in [3.05, 3.63) is 90.1 Å². The average Bonchev–Trinajstić information content (AvgIpc) is 3.63. The summed E-state index contributed by atoms with van der Waals surface area (Å²) in [6, 6.07) is 24.8. The molecule has 1 aliphatic heterocycles. The molecular weight excluding hydrogens is 580 g/mol. The Kier molecular flexibility index (Phi) is 7.63. The van der Waals surface area contributed by atoms with Crippen LogP contribution in [0, 0.1) is 5.21 Å². The van der Waals surface area contributed by atoms with Gasteiger partial charge in [-0.2, -0.15) is 0 Å². The second-order valence-electron chi connectivity index (χ2n) is 9.38. The first-order valence-corrected chi connectivity index (χ1v) is 15.4. The molecule has 1 unspecified atom stereocenters. The molecule has 1 amide bonds. The van der Waals surface area contributed by atoms with Crippen molar-refractivity contribution in [2.45, 2.75) is 27.6 Å². The van der Waals surface area contributed by atoms with E-state index in [9.17, 15) is 18.4 Å². The number of anilines is 2. The van der Waals surface area contributed by atoms with Crippen LogP contribution in [-0.4, -0.2) is 59.3 Å². The molecule has 0 radical (unpaired) electrons. The lowest BCUT2D eigenvalue weighted by molar-refractivity contribution is -0.832. The maximum Gasteiger partial charge on any atom is 0.415 e. The molecule has 6 rings (SSSR count). The summed E-state index contributed by atoms with van der Waals surface area (Å²) in [7, 11) is -4.24. The van der Waals surface area contributed by atoms with Crippen LogP contribution in [0.25, 0.3) is 10.9 Å². The zero-order valence-corrected chi connectivity index (χ0v) is 23.6. The van der Waals surface area contributed by atoms with E-state index in [0.29, 0.717) is 23.9 Å². The molecule has 1 atom stereocenters. The molecule has 1 saturated heterocycles. The maximum atomic E-state index is 13.1. The molecule has 0 spiro atoms. The number of hydrogen-bond acceptors (Lipinski definition) is 11. The number of ether oxygens (including phenoxy) is 1. The largest absolute Gasteiger partial charge is 0.449 e. The van der Waals surface area contributed by atoms with Crippen molar-refractivity contribution in [2.24, 2.45) is 0 Å². The molecule has 0 saturated carbocycles. The van der Waals surface area contributed by atoms with Gasteiger partial charge in [0.1, 0.15) is 11.9 Å². The molecule has 2 aromatic heterocycles. The van der Waals surface area contributed by atoms with E-state index in [2.05, 4.69) is 25.1 Å². The van der Waals surface area contributed by atoms with Crippen LogP contribution in [0.4, 0.5) is 11.5 Å². The number of nitrogens with zero attached hydrogens (tertiary/aromatic N) is 5. The maximum absolute atomic E-state index is 13.1. The lowest BCUT2D eigenvalue weighted by atomic mass is 10.2. The molecular formula is C28H24N6O6S2. The van der Waals surface area contributed by atoms with Crippen LogP contribution in [0.1, 0.15) is 6.42 Å². The van der Waals surface area contributed by atoms with Gasteiger partial charge in [-0.1, -0.05) is 60.3 Å². The van der Waals surface area contributed by atoms with Gasteiger partial charge in [0, 0.05) is 24.0 Å². The molecule has 0 bridgehead atoms. The fourth-order valence-corrected chi connectivity index (χ4v) is 6.56. The number of carbonyl (C=O) groups is 1. The molecule has 12 nitrogen and oxygen atoms in total. The summed E-state index contributed by atoms with van der Waals surface area (Å²) in [6.45, 7) is 0.578. The summed E-state index contributed by atoms with van der Waals surface area (Å²) < 4.78 is 36.4. The lowest BCUT2D eigenvalue weighted by Crippen LogP contribution is -2.33. The highest BCUT2D eigenvalue weighted by Crippen LogP contribution is 2.29. The molecule has 14 heteroatoms. The number of benzene rings is 3. The van der Waals surface area contributed by atoms with Gasteiger partial charge in [-0.15, -0.1) is 0 Å². The molecule has 1 N–H and O–H groups in total. The molecule has 3 aromatic carbocycles. The van der Waals surface area contributed by atoms with Crippen LogP contribution in [0.2, 0.25) is 0 Å². The van der Waals surface area contributed by atoms with E-state index in [4.69, 9.17) is 4.74 Å². The highest BCUT2D eigenvalue weighted by Gasteiger charge is 2.38. The minimum absolute atomic E-state index is 0.0913. The highest BCUT2D eigenvalue weighted by molar-refractivity contribution is 7.99. The highest BCUT2D eigenvalue weighted by atomic mass is 32.2. The number of hydrogen-bond donors (Lipinski definition) is 1. The Balaban J connectivity index is 1.11. The molecule has 0 aliphatic carbocycles. The first-order chi connectivity index (χ1) is 20.4. The number of likely N-dealkylation sites (tertiary alicyclic amines) is 1. The van der Waals surface area contributed by atoms with Crippen LogP contribution in [0.15, 0.2) is 105 Å². The van der Waals surface area contributed by atoms with E-state index in [1.807, 2.05) is 54.6 Å². The molecule has 5 aromatic rings. The van der Waals surface area contributed by atoms with Crippen LogP contribution in [-0.2, 0) is 14.6 Å². The summed E-state index contributed by atoms with van der Waals surface area (Å²) in [4.78, 5) is 23.7. The van der Waals surface area contributed by atoms with Gasteiger partial charge >= 0.3 is 10.9 Å². The van der Waals surface area contributed by atoms with Crippen molar-refractivity contribution in [1.82, 2.24) is 20.0 Å². The fourth-order valence-electron chi connectivity index (χ4n) is 4.52. The number of fused-ring (bicyclic) bond motifs is 1. The average molecular weight is 605 g/mol. The number of para-hydroxylation sites is 2. The Morgan fingerprint density at radius 2 is 1.76 bits per heavy atom. The minimum atomic E-state index is -4.24. The normalized spacial score (nSPS) is 15.1. The third-order valence-corrected chi connectivity index (χ3v) is 9.13. The van der Waals surface area contributed by atoms with E-state index < -0.39 is 26.8 Å². The summed E-state index contributed by atoms with van der Waals surface area (Å²) in [5, 5.41) is 19.6. The smallest absolute Gasteiger partial charge is 0.415 e. The van der Waals surface area contributed by atoms with Crippen LogP contribution < -0.4 is 15.0 Å². The van der Waals surface area contributed by atoms with Crippen LogP contribution in [0.3, 0.4) is 0 Å². The van der Waals surface area contributed by atoms with Crippen molar-refractivity contribution >= 4 is 49.9 Å². The quantitative estimate of drug-likeness (QED) is 0.149. The molecule has 1 fully saturated rings. The monoisotopic (exact) mass is 604 g/mol. The molecule has 3 heterocycles. The van der Waals surface area contributed by atoms with Crippen molar-refractivity contribution in [1.29, 1.82) is 0 Å². The Morgan fingerprint density at radius 1 is 1.05 bits per heavy atom. The summed E-state index contributed by atoms with van der Waals surface area (Å²) in [6.07, 6.45) is -0.155. The van der Waals surface area contributed by atoms with E-state index in [0.717, 1.165) is 16.6 Å². The Morgan fingerprint density at radius 3 is 2.55 bits per heavy atom. The van der Waals surface area contributed by atoms with E-state index in [1.54, 1.807) is 11.0 Å². The fraction of sp³-hybridized carbons (Fsp3) is 0.179. The van der Waals surface area contributed by atoms with Gasteiger partial charge in [0.2, 0.25) is 5.91 Å². The first-order valence-electron chi connectivity index (χ1n) is 12.9. The third kappa shape index (κ3) is 5.71. The van der Waals surface area contributed by atoms with Gasteiger partial charge in [0.25, 0.3) is 9.84 Å². The Labute approximate surface area is 244 Å². The molecule has 1 aliphatic rings. The van der Waals surface area contributed by atoms with Crippen LogP contribution in [0.5, 0.6) is 5.88 Å². The van der Waals surface area contributed by atoms with Gasteiger partial charge in [-0.25, -0.2) is 18.4 Å². The zero-order valence-electron chi connectivity index (χ0n) is 22.0. The first kappa shape index (κ1) is 27.5. The minimum Gasteiger partial charge on any atom is -0.449 e. The Hall–Kier alpha value is -4.69. The summed E-state index contributed by atoms with van der Waals surface area (Å²) in [5.41, 5.74) is 1.63. The molecule has 214 valence electrons. The Bertz CT molecular complexity index is 1840. The van der Waals surface area contributed by atoms with E-state index >= 15 is 0 Å². The van der Waals surface area contributed by atoms with Crippen molar-refractivity contribution < 1.29 is 27.5 Å². The number of sulfone groups is 1. The van der Waals surface area contributed by atoms with Gasteiger partial charge in [-0.3, -0.25) is 9.42 Å². The number of carbonyl (C=O) groups excluding carboxylic acids is 1. The third-order valence-electron chi connectivity index (χ3n) is 6.57. The zero-order chi connectivity index (χ0) is 29.1. The number of thioether (sulfide) groups is 1. The SMILES string of the molecule is O=C(CSc1nc(Nc2ccccc2)c2ccccc2n1)N1CCC(Oc2no[n+]([O-])c2S(=O)(=O)c2ccccc2)C1. The van der Waals surface area contributed by atoms with Crippen molar-refractivity contribution in [3.8, 4) is 5.88 Å². The topological polar surface area (TPSA) is 154 Å². The van der Waals surface area contributed by atoms with E-state index in [-0.39, 0.29) is 28.0 Å². The number of amides is 1. The lowest BCUT2D eigenvalue weighted by Gasteiger charge is -2.16. The van der Waals surface area contributed by atoms with Gasteiger partial charge < -0.3 is 20.2 Å². The van der Waals surface area contributed by atoms with Crippen molar-refractivity contribution in [2.75, 3.05) is 24.2 Å². The second-order valence-corrected chi connectivity index (χ2v) is 12.2. The number of nitrogens with one attached hydrogen (secondary N) is 1. The van der Waals surface area contributed by atoms with Gasteiger partial charge in [-0.05, 0) is 41.3 Å². The van der Waals surface area contributed by atoms with E-state index in [1.165, 1.54) is 36.0 Å². The standard InChI is InChI=1S/C28H24N6O6S2/c35-24(18-41-28-30-23-14-8-7-13-22(23)25(31-28)29-19-9-3-1-4-10-19)33-16-15-20(17-33)39-26-27(34(36)40-32-26)42(37,38)21-11-5-2-6-12-21/h1-14,20H,15-18H2,(H,29,30,31). The predicted octanol–water partition coefficient (Wildman–Crippen LogP) is 3.60. The van der Waals surface area contributed by atoms with Crippen LogP contribution >= 0.6 is 11.8 Å². The second kappa shape index (κ2) is 11.7. The number of aromatic nitrogens is 4.